The number of hydrogen-bond donors (Lipinski definition) is 0. The summed E-state index contributed by atoms with van der Waals surface area (Å²) in [4.78, 5) is 0. The highest BCUT2D eigenvalue weighted by molar-refractivity contribution is 5.21. The summed E-state index contributed by atoms with van der Waals surface area (Å²) in [5.41, 5.74) is 0.985. The van der Waals surface area contributed by atoms with Gasteiger partial charge in [0.2, 0.25) is 5.88 Å². The second-order valence-electron chi connectivity index (χ2n) is 3.20. The molecule has 0 amide bonds. The molecular formula is C9H16N2O2. The van der Waals surface area contributed by atoms with Gasteiger partial charge in [0.05, 0.1) is 25.4 Å². The standard InChI is InChI=1S/C9H16N2O2/c1-7(2)13-6-8-5-11(3)10-9(8)12-4/h5,7H,6H2,1-4H3. The van der Waals surface area contributed by atoms with Crippen LogP contribution in [-0.4, -0.2) is 23.0 Å². The Hall–Kier alpha value is -1.03. The van der Waals surface area contributed by atoms with Crippen molar-refractivity contribution in [2.45, 2.75) is 26.6 Å². The quantitative estimate of drug-likeness (QED) is 0.708. The van der Waals surface area contributed by atoms with Crippen LogP contribution in [0.4, 0.5) is 0 Å². The first kappa shape index (κ1) is 10.1. The molecule has 0 aliphatic carbocycles. The lowest BCUT2D eigenvalue weighted by Crippen LogP contribution is -2.02. The maximum atomic E-state index is 5.45. The smallest absolute Gasteiger partial charge is 0.238 e. The van der Waals surface area contributed by atoms with E-state index < -0.39 is 0 Å². The van der Waals surface area contributed by atoms with Crippen LogP contribution >= 0.6 is 0 Å². The van der Waals surface area contributed by atoms with Gasteiger partial charge in [0.1, 0.15) is 0 Å². The molecule has 1 aromatic heterocycles. The Kier molecular flexibility index (Phi) is 3.31. The van der Waals surface area contributed by atoms with Gasteiger partial charge in [-0.15, -0.1) is 5.10 Å². The highest BCUT2D eigenvalue weighted by Gasteiger charge is 2.08. The molecule has 0 radical (unpaired) electrons. The summed E-state index contributed by atoms with van der Waals surface area (Å²) in [5, 5.41) is 4.12. The third-order valence-electron chi connectivity index (χ3n) is 1.63. The van der Waals surface area contributed by atoms with E-state index in [2.05, 4.69) is 5.10 Å². The lowest BCUT2D eigenvalue weighted by atomic mass is 10.3. The number of aromatic nitrogens is 2. The summed E-state index contributed by atoms with van der Waals surface area (Å²) in [5.74, 6) is 0.642. The van der Waals surface area contributed by atoms with Gasteiger partial charge in [-0.25, -0.2) is 0 Å². The molecule has 0 atom stereocenters. The predicted molar refractivity (Wildman–Crippen MR) is 49.7 cm³/mol. The van der Waals surface area contributed by atoms with Gasteiger partial charge in [-0.3, -0.25) is 4.68 Å². The number of ether oxygens (including phenoxy) is 2. The molecule has 0 fully saturated rings. The fourth-order valence-electron chi connectivity index (χ4n) is 1.04. The van der Waals surface area contributed by atoms with E-state index in [1.54, 1.807) is 11.8 Å². The molecule has 0 aliphatic rings. The number of aryl methyl sites for hydroxylation is 1. The molecule has 0 aliphatic heterocycles. The number of hydrogen-bond acceptors (Lipinski definition) is 3. The van der Waals surface area contributed by atoms with Crippen molar-refractivity contribution in [1.29, 1.82) is 0 Å². The molecule has 4 heteroatoms. The molecule has 4 nitrogen and oxygen atoms in total. The molecule has 0 unspecified atom stereocenters. The van der Waals surface area contributed by atoms with E-state index in [0.29, 0.717) is 12.5 Å². The number of nitrogens with zero attached hydrogens (tertiary/aromatic N) is 2. The summed E-state index contributed by atoms with van der Waals surface area (Å²) >= 11 is 0. The SMILES string of the molecule is COc1nn(C)cc1COC(C)C. The highest BCUT2D eigenvalue weighted by atomic mass is 16.5. The van der Waals surface area contributed by atoms with Crippen LogP contribution in [0.5, 0.6) is 5.88 Å². The van der Waals surface area contributed by atoms with Crippen molar-refractivity contribution in [3.63, 3.8) is 0 Å². The molecule has 1 aromatic rings. The zero-order valence-corrected chi connectivity index (χ0v) is 8.57. The third kappa shape index (κ3) is 2.73. The topological polar surface area (TPSA) is 36.3 Å². The lowest BCUT2D eigenvalue weighted by Gasteiger charge is -2.06. The van der Waals surface area contributed by atoms with Gasteiger partial charge in [-0.2, -0.15) is 0 Å². The van der Waals surface area contributed by atoms with Crippen LogP contribution in [0, 0.1) is 0 Å². The van der Waals surface area contributed by atoms with E-state index in [-0.39, 0.29) is 6.10 Å². The first-order valence-electron chi connectivity index (χ1n) is 4.31. The minimum absolute atomic E-state index is 0.227. The first-order valence-corrected chi connectivity index (χ1v) is 4.31. The molecule has 0 saturated heterocycles. The molecule has 1 heterocycles. The summed E-state index contributed by atoms with van der Waals surface area (Å²) in [6.07, 6.45) is 2.13. The minimum atomic E-state index is 0.227. The maximum Gasteiger partial charge on any atom is 0.238 e. The van der Waals surface area contributed by atoms with Crippen LogP contribution in [0.2, 0.25) is 0 Å². The molecule has 0 spiro atoms. The van der Waals surface area contributed by atoms with Crippen LogP contribution in [0.1, 0.15) is 19.4 Å². The second-order valence-corrected chi connectivity index (χ2v) is 3.20. The second kappa shape index (κ2) is 4.28. The molecule has 0 aromatic carbocycles. The summed E-state index contributed by atoms with van der Waals surface area (Å²) in [7, 11) is 3.47. The molecule has 0 saturated carbocycles. The van der Waals surface area contributed by atoms with Gasteiger partial charge < -0.3 is 9.47 Å². The monoisotopic (exact) mass is 184 g/mol. The fourth-order valence-corrected chi connectivity index (χ4v) is 1.04. The van der Waals surface area contributed by atoms with E-state index in [9.17, 15) is 0 Å². The van der Waals surface area contributed by atoms with Crippen molar-refractivity contribution >= 4 is 0 Å². The van der Waals surface area contributed by atoms with Gasteiger partial charge >= 0.3 is 0 Å². The van der Waals surface area contributed by atoms with Gasteiger partial charge in [-0.1, -0.05) is 0 Å². The van der Waals surface area contributed by atoms with Gasteiger partial charge in [0, 0.05) is 13.2 Å². The third-order valence-corrected chi connectivity index (χ3v) is 1.63. The summed E-state index contributed by atoms with van der Waals surface area (Å²) < 4.78 is 12.3. The number of methoxy groups -OCH3 is 1. The highest BCUT2D eigenvalue weighted by Crippen LogP contribution is 2.16. The molecule has 13 heavy (non-hydrogen) atoms. The fraction of sp³-hybridized carbons (Fsp3) is 0.667. The van der Waals surface area contributed by atoms with Crippen molar-refractivity contribution in [3.05, 3.63) is 11.8 Å². The van der Waals surface area contributed by atoms with Crippen molar-refractivity contribution < 1.29 is 9.47 Å². The zero-order valence-electron chi connectivity index (χ0n) is 8.57. The van der Waals surface area contributed by atoms with Crippen molar-refractivity contribution in [1.82, 2.24) is 9.78 Å². The van der Waals surface area contributed by atoms with Crippen molar-refractivity contribution in [3.8, 4) is 5.88 Å². The van der Waals surface area contributed by atoms with E-state index in [0.717, 1.165) is 5.56 Å². The van der Waals surface area contributed by atoms with E-state index in [1.165, 1.54) is 0 Å². The summed E-state index contributed by atoms with van der Waals surface area (Å²) in [6, 6.07) is 0. The predicted octanol–water partition coefficient (Wildman–Crippen LogP) is 1.35. The van der Waals surface area contributed by atoms with Gasteiger partial charge in [0.25, 0.3) is 0 Å². The van der Waals surface area contributed by atoms with Crippen molar-refractivity contribution in [2.75, 3.05) is 7.11 Å². The minimum Gasteiger partial charge on any atom is -0.480 e. The Morgan fingerprint density at radius 1 is 1.54 bits per heavy atom. The molecule has 0 N–H and O–H groups in total. The lowest BCUT2D eigenvalue weighted by molar-refractivity contribution is 0.0644. The maximum absolute atomic E-state index is 5.45. The van der Waals surface area contributed by atoms with Crippen LogP contribution in [0.15, 0.2) is 6.20 Å². The average molecular weight is 184 g/mol. The first-order chi connectivity index (χ1) is 6.13. The Morgan fingerprint density at radius 3 is 2.77 bits per heavy atom. The molecular weight excluding hydrogens is 168 g/mol. The average Bonchev–Trinajstić information content (AvgIpc) is 2.42. The van der Waals surface area contributed by atoms with Gasteiger partial charge in [-0.05, 0) is 13.8 Å². The zero-order chi connectivity index (χ0) is 9.84. The normalized spacial score (nSPS) is 10.8. The summed E-state index contributed by atoms with van der Waals surface area (Å²) in [6.45, 7) is 4.56. The number of rotatable bonds is 4. The van der Waals surface area contributed by atoms with E-state index >= 15 is 0 Å². The molecule has 0 bridgehead atoms. The largest absolute Gasteiger partial charge is 0.480 e. The Morgan fingerprint density at radius 2 is 2.23 bits per heavy atom. The Balaban J connectivity index is 2.64. The van der Waals surface area contributed by atoms with E-state index in [4.69, 9.17) is 9.47 Å². The van der Waals surface area contributed by atoms with Gasteiger partial charge in [0.15, 0.2) is 0 Å². The van der Waals surface area contributed by atoms with Crippen molar-refractivity contribution in [2.24, 2.45) is 7.05 Å². The Bertz CT molecular complexity index is 269. The van der Waals surface area contributed by atoms with E-state index in [1.807, 2.05) is 27.1 Å². The van der Waals surface area contributed by atoms with Crippen LogP contribution in [-0.2, 0) is 18.4 Å². The van der Waals surface area contributed by atoms with Crippen LogP contribution in [0.3, 0.4) is 0 Å². The van der Waals surface area contributed by atoms with Crippen LogP contribution in [0.25, 0.3) is 0 Å². The molecule has 74 valence electrons. The van der Waals surface area contributed by atoms with Crippen LogP contribution < -0.4 is 4.74 Å². The molecule has 1 rings (SSSR count). The Labute approximate surface area is 78.5 Å².